The Labute approximate surface area is 206 Å². The summed E-state index contributed by atoms with van der Waals surface area (Å²) in [6.07, 6.45) is -3.79. The first kappa shape index (κ1) is 26.0. The average Bonchev–Trinajstić information content (AvgIpc) is 3.01. The van der Waals surface area contributed by atoms with Crippen molar-refractivity contribution >= 4 is 58.6 Å². The van der Waals surface area contributed by atoms with Crippen LogP contribution in [-0.4, -0.2) is 26.6 Å². The molecule has 0 amide bonds. The lowest BCUT2D eigenvalue weighted by atomic mass is 10.2. The number of aromatic hydroxyl groups is 1. The molecule has 0 spiro atoms. The molecule has 5 nitrogen and oxygen atoms in total. The molecule has 0 saturated carbocycles. The van der Waals surface area contributed by atoms with Crippen molar-refractivity contribution in [1.29, 1.82) is 5.26 Å². The van der Waals surface area contributed by atoms with Crippen LogP contribution in [0.25, 0.3) is 5.69 Å². The van der Waals surface area contributed by atoms with E-state index in [-0.39, 0.29) is 16.3 Å². The van der Waals surface area contributed by atoms with Crippen molar-refractivity contribution < 1.29 is 31.4 Å². The number of benzene rings is 2. The van der Waals surface area contributed by atoms with E-state index in [0.717, 1.165) is 12.3 Å². The van der Waals surface area contributed by atoms with Crippen molar-refractivity contribution in [2.75, 3.05) is 0 Å². The Morgan fingerprint density at radius 2 is 1.65 bits per heavy atom. The number of aromatic nitrogens is 2. The number of phenols is 1. The normalized spacial score (nSPS) is 12.4. The van der Waals surface area contributed by atoms with E-state index in [1.807, 2.05) is 0 Å². The molecule has 1 N–H and O–H groups in total. The molecule has 0 aliphatic rings. The third-order valence-corrected chi connectivity index (χ3v) is 5.72. The molecular formula is C19H7Cl3F6N4OS. The van der Waals surface area contributed by atoms with Crippen molar-refractivity contribution in [1.82, 2.24) is 9.78 Å². The number of hydrogen-bond acceptors (Lipinski definition) is 5. The SMILES string of the molecule is N#Cc1nn(-c2c(Cl)cc(C(F)(F)F)cc2Cl)c(N=Cc2ccc(O)cc2Cl)c1SC(F)(F)F. The second-order valence-electron chi connectivity index (χ2n) is 6.32. The first-order chi connectivity index (χ1) is 15.7. The molecule has 1 aromatic heterocycles. The molecule has 0 bridgehead atoms. The number of halogens is 9. The van der Waals surface area contributed by atoms with Crippen LogP contribution < -0.4 is 0 Å². The van der Waals surface area contributed by atoms with Crippen LogP contribution in [-0.2, 0) is 6.18 Å². The third-order valence-electron chi connectivity index (χ3n) is 4.01. The molecule has 0 unspecified atom stereocenters. The highest BCUT2D eigenvalue weighted by Crippen LogP contribution is 2.46. The second-order valence-corrected chi connectivity index (χ2v) is 8.62. The van der Waals surface area contributed by atoms with Gasteiger partial charge in [0.2, 0.25) is 0 Å². The fourth-order valence-electron chi connectivity index (χ4n) is 2.63. The minimum Gasteiger partial charge on any atom is -0.508 e. The predicted octanol–water partition coefficient (Wildman–Crippen LogP) is 7.79. The van der Waals surface area contributed by atoms with Gasteiger partial charge in [-0.1, -0.05) is 34.8 Å². The zero-order chi connectivity index (χ0) is 25.4. The van der Waals surface area contributed by atoms with Crippen molar-refractivity contribution in [2.24, 2.45) is 4.99 Å². The monoisotopic (exact) mass is 558 g/mol. The Morgan fingerprint density at radius 3 is 2.15 bits per heavy atom. The first-order valence-corrected chi connectivity index (χ1v) is 10.5. The van der Waals surface area contributed by atoms with E-state index in [4.69, 9.17) is 34.8 Å². The van der Waals surface area contributed by atoms with Gasteiger partial charge in [-0.2, -0.15) is 36.7 Å². The van der Waals surface area contributed by atoms with Crippen LogP contribution in [0.2, 0.25) is 15.1 Å². The highest BCUT2D eigenvalue weighted by molar-refractivity contribution is 8.00. The van der Waals surface area contributed by atoms with E-state index < -0.39 is 61.1 Å². The van der Waals surface area contributed by atoms with E-state index in [1.165, 1.54) is 18.2 Å². The van der Waals surface area contributed by atoms with Gasteiger partial charge in [0.1, 0.15) is 17.5 Å². The molecule has 0 saturated heterocycles. The number of aliphatic imine (C=N–C) groups is 1. The van der Waals surface area contributed by atoms with E-state index in [1.54, 1.807) is 0 Å². The van der Waals surface area contributed by atoms with Gasteiger partial charge in [-0.05, 0) is 42.1 Å². The summed E-state index contributed by atoms with van der Waals surface area (Å²) in [5, 5.41) is 21.3. The number of alkyl halides is 6. The molecule has 2 aromatic carbocycles. The maximum atomic E-state index is 13.2. The van der Waals surface area contributed by atoms with E-state index in [0.29, 0.717) is 16.8 Å². The van der Waals surface area contributed by atoms with E-state index in [2.05, 4.69) is 10.1 Å². The van der Waals surface area contributed by atoms with Gasteiger partial charge >= 0.3 is 11.7 Å². The summed E-state index contributed by atoms with van der Waals surface area (Å²) in [6.45, 7) is 0. The maximum absolute atomic E-state index is 13.2. The molecule has 34 heavy (non-hydrogen) atoms. The number of thioether (sulfide) groups is 1. The summed E-state index contributed by atoms with van der Waals surface area (Å²) in [4.78, 5) is 3.20. The summed E-state index contributed by atoms with van der Waals surface area (Å²) in [7, 11) is 0. The number of rotatable bonds is 4. The third kappa shape index (κ3) is 5.72. The number of phenolic OH excluding ortho intramolecular Hbond substituents is 1. The Morgan fingerprint density at radius 1 is 1.03 bits per heavy atom. The predicted molar refractivity (Wildman–Crippen MR) is 116 cm³/mol. The minimum absolute atomic E-state index is 0.00839. The number of hydrogen-bond donors (Lipinski definition) is 1. The lowest BCUT2D eigenvalue weighted by Gasteiger charge is -2.13. The summed E-state index contributed by atoms with van der Waals surface area (Å²) in [5.41, 5.74) is -7.06. The number of nitrogens with zero attached hydrogens (tertiary/aromatic N) is 4. The van der Waals surface area contributed by atoms with E-state index in [9.17, 15) is 36.7 Å². The quantitative estimate of drug-likeness (QED) is 0.201. The molecule has 178 valence electrons. The first-order valence-electron chi connectivity index (χ1n) is 8.59. The van der Waals surface area contributed by atoms with Crippen LogP contribution in [0.3, 0.4) is 0 Å². The van der Waals surface area contributed by atoms with Crippen molar-refractivity contribution in [3.8, 4) is 17.5 Å². The molecule has 0 atom stereocenters. The fraction of sp³-hybridized carbons (Fsp3) is 0.105. The summed E-state index contributed by atoms with van der Waals surface area (Å²) < 4.78 is 79.5. The Hall–Kier alpha value is -2.59. The minimum atomic E-state index is -4.87. The van der Waals surface area contributed by atoms with Crippen LogP contribution in [0, 0.1) is 11.3 Å². The van der Waals surface area contributed by atoms with Gasteiger partial charge in [-0.25, -0.2) is 9.67 Å². The van der Waals surface area contributed by atoms with Gasteiger partial charge in [0.15, 0.2) is 11.5 Å². The van der Waals surface area contributed by atoms with Crippen LogP contribution in [0.1, 0.15) is 16.8 Å². The Bertz CT molecular complexity index is 1310. The van der Waals surface area contributed by atoms with Crippen LogP contribution >= 0.6 is 46.6 Å². The average molecular weight is 560 g/mol. The standard InChI is InChI=1S/C19H7Cl3F6N4OS/c20-11-5-10(33)2-1-8(11)7-30-17-16(34-19(26,27)28)14(6-29)31-32(17)15-12(21)3-9(4-13(15)22)18(23,24)25/h1-5,7,33H. The maximum Gasteiger partial charge on any atom is 0.446 e. The highest BCUT2D eigenvalue weighted by Gasteiger charge is 2.36. The molecule has 3 aromatic rings. The molecule has 0 aliphatic heterocycles. The van der Waals surface area contributed by atoms with Gasteiger partial charge < -0.3 is 5.11 Å². The largest absolute Gasteiger partial charge is 0.508 e. The molecule has 0 aliphatic carbocycles. The molecule has 3 rings (SSSR count). The smallest absolute Gasteiger partial charge is 0.446 e. The fourth-order valence-corrected chi connectivity index (χ4v) is 4.15. The molecule has 0 fully saturated rings. The van der Waals surface area contributed by atoms with Crippen LogP contribution in [0.4, 0.5) is 32.2 Å². The Kier molecular flexibility index (Phi) is 7.33. The van der Waals surface area contributed by atoms with E-state index >= 15 is 0 Å². The van der Waals surface area contributed by atoms with Crippen molar-refractivity contribution in [3.05, 3.63) is 62.2 Å². The van der Waals surface area contributed by atoms with Gasteiger partial charge in [0, 0.05) is 11.8 Å². The summed E-state index contributed by atoms with van der Waals surface area (Å²) >= 11 is 17.3. The highest BCUT2D eigenvalue weighted by atomic mass is 35.5. The lowest BCUT2D eigenvalue weighted by Crippen LogP contribution is -2.07. The number of nitriles is 1. The van der Waals surface area contributed by atoms with Gasteiger partial charge in [-0.15, -0.1) is 0 Å². The van der Waals surface area contributed by atoms with Crippen LogP contribution in [0.15, 0.2) is 40.2 Å². The second kappa shape index (κ2) is 9.58. The topological polar surface area (TPSA) is 74.2 Å². The lowest BCUT2D eigenvalue weighted by molar-refractivity contribution is -0.137. The summed E-state index contributed by atoms with van der Waals surface area (Å²) in [6, 6.07) is 6.20. The van der Waals surface area contributed by atoms with Gasteiger partial charge in [-0.3, -0.25) is 0 Å². The molecule has 1 heterocycles. The van der Waals surface area contributed by atoms with Gasteiger partial charge in [0.25, 0.3) is 0 Å². The molecular weight excluding hydrogens is 553 g/mol. The molecule has 15 heteroatoms. The van der Waals surface area contributed by atoms with Gasteiger partial charge in [0.05, 0.1) is 25.5 Å². The molecule has 0 radical (unpaired) electrons. The Balaban J connectivity index is 2.28. The zero-order valence-electron chi connectivity index (χ0n) is 16.0. The van der Waals surface area contributed by atoms with Crippen molar-refractivity contribution in [2.45, 2.75) is 16.6 Å². The van der Waals surface area contributed by atoms with Crippen molar-refractivity contribution in [3.63, 3.8) is 0 Å². The van der Waals surface area contributed by atoms with Crippen LogP contribution in [0.5, 0.6) is 5.75 Å². The summed E-state index contributed by atoms with van der Waals surface area (Å²) in [5.74, 6) is -0.776. The zero-order valence-corrected chi connectivity index (χ0v) is 19.1.